The predicted octanol–water partition coefficient (Wildman–Crippen LogP) is 5.96. The molecule has 1 aromatic heterocycles. The van der Waals surface area contributed by atoms with Gasteiger partial charge in [-0.1, -0.05) is 30.3 Å². The lowest BCUT2D eigenvalue weighted by Crippen LogP contribution is -2.01. The highest BCUT2D eigenvalue weighted by atomic mass is 16.5. The molecule has 0 saturated carbocycles. The summed E-state index contributed by atoms with van der Waals surface area (Å²) in [5.41, 5.74) is 2.25. The molecule has 0 saturated heterocycles. The summed E-state index contributed by atoms with van der Waals surface area (Å²) in [6, 6.07) is 26.2. The molecule has 6 nitrogen and oxygen atoms in total. The zero-order valence-corrected chi connectivity index (χ0v) is 16.4. The molecule has 0 unspecified atom stereocenters. The van der Waals surface area contributed by atoms with Crippen LogP contribution in [0.5, 0.6) is 11.5 Å². The Bertz CT molecular complexity index is 1150. The minimum absolute atomic E-state index is 0.0338. The zero-order valence-electron chi connectivity index (χ0n) is 16.4. The van der Waals surface area contributed by atoms with E-state index >= 15 is 0 Å². The lowest BCUT2D eigenvalue weighted by atomic mass is 10.1. The first-order valence-corrected chi connectivity index (χ1v) is 9.47. The Labute approximate surface area is 174 Å². The summed E-state index contributed by atoms with van der Waals surface area (Å²) in [5.74, 6) is 2.52. The molecule has 0 fully saturated rings. The molecular formula is C24H20N4O2. The smallest absolute Gasteiger partial charge is 0.229 e. The number of ketones is 1. The van der Waals surface area contributed by atoms with Crippen molar-refractivity contribution in [3.8, 4) is 11.5 Å². The third kappa shape index (κ3) is 4.80. The van der Waals surface area contributed by atoms with Crippen LogP contribution in [0.3, 0.4) is 0 Å². The number of aromatic nitrogens is 2. The van der Waals surface area contributed by atoms with E-state index in [-0.39, 0.29) is 5.78 Å². The van der Waals surface area contributed by atoms with Gasteiger partial charge in [-0.2, -0.15) is 4.98 Å². The Morgan fingerprint density at radius 1 is 0.833 bits per heavy atom. The van der Waals surface area contributed by atoms with Crippen LogP contribution in [0.2, 0.25) is 0 Å². The first-order chi connectivity index (χ1) is 14.7. The second-order valence-electron chi connectivity index (χ2n) is 6.56. The first kappa shape index (κ1) is 19.1. The number of ether oxygens (including phenoxy) is 1. The van der Waals surface area contributed by atoms with Crippen molar-refractivity contribution in [2.75, 3.05) is 10.6 Å². The highest BCUT2D eigenvalue weighted by Gasteiger charge is 2.07. The van der Waals surface area contributed by atoms with Gasteiger partial charge in [-0.25, -0.2) is 4.98 Å². The van der Waals surface area contributed by atoms with E-state index in [2.05, 4.69) is 20.6 Å². The van der Waals surface area contributed by atoms with Crippen LogP contribution in [0.1, 0.15) is 17.3 Å². The van der Waals surface area contributed by atoms with Crippen LogP contribution < -0.4 is 15.4 Å². The van der Waals surface area contributed by atoms with E-state index in [0.29, 0.717) is 23.1 Å². The topological polar surface area (TPSA) is 76.1 Å². The van der Waals surface area contributed by atoms with E-state index in [9.17, 15) is 4.79 Å². The largest absolute Gasteiger partial charge is 0.455 e. The number of benzene rings is 3. The quantitative estimate of drug-likeness (QED) is 0.376. The summed E-state index contributed by atoms with van der Waals surface area (Å²) in [4.78, 5) is 20.2. The third-order valence-electron chi connectivity index (χ3n) is 4.32. The van der Waals surface area contributed by atoms with Crippen LogP contribution in [-0.2, 0) is 0 Å². The number of nitrogens with one attached hydrogen (secondary N) is 2. The van der Waals surface area contributed by atoms with Gasteiger partial charge in [-0.3, -0.25) is 4.79 Å². The Balaban J connectivity index is 1.50. The molecule has 0 radical (unpaired) electrons. The molecule has 0 atom stereocenters. The molecule has 0 aliphatic rings. The molecule has 30 heavy (non-hydrogen) atoms. The molecule has 0 spiro atoms. The van der Waals surface area contributed by atoms with Gasteiger partial charge in [-0.05, 0) is 61.5 Å². The van der Waals surface area contributed by atoms with Crippen LogP contribution in [0, 0.1) is 0 Å². The number of Topliss-reactive ketones (excluding diaryl/α,β-unsaturated/α-hetero) is 1. The Morgan fingerprint density at radius 2 is 1.57 bits per heavy atom. The molecule has 148 valence electrons. The summed E-state index contributed by atoms with van der Waals surface area (Å²) in [5, 5.41) is 6.43. The standard InChI is InChI=1S/C24H20N4O2/c1-17(29)18-11-13-19(14-12-18)26-23-15-16-25-24(28-23)27-21-9-5-6-10-22(21)30-20-7-3-2-4-8-20/h2-16H,1H3,(H2,25,26,27,28). The van der Waals surface area contributed by atoms with E-state index in [4.69, 9.17) is 4.74 Å². The number of rotatable bonds is 7. The molecule has 0 bridgehead atoms. The number of hydrogen-bond donors (Lipinski definition) is 2. The van der Waals surface area contributed by atoms with Crippen molar-refractivity contribution in [3.63, 3.8) is 0 Å². The van der Waals surface area contributed by atoms with Gasteiger partial charge in [0.05, 0.1) is 5.69 Å². The fourth-order valence-electron chi connectivity index (χ4n) is 2.82. The fourth-order valence-corrected chi connectivity index (χ4v) is 2.82. The van der Waals surface area contributed by atoms with Crippen molar-refractivity contribution in [2.45, 2.75) is 6.92 Å². The summed E-state index contributed by atoms with van der Waals surface area (Å²) in [7, 11) is 0. The number of carbonyl (C=O) groups is 1. The Morgan fingerprint density at radius 3 is 2.33 bits per heavy atom. The minimum Gasteiger partial charge on any atom is -0.455 e. The maximum atomic E-state index is 11.4. The van der Waals surface area contributed by atoms with E-state index in [1.807, 2.05) is 66.7 Å². The van der Waals surface area contributed by atoms with Gasteiger partial charge in [0.15, 0.2) is 11.5 Å². The summed E-state index contributed by atoms with van der Waals surface area (Å²) < 4.78 is 5.98. The molecule has 1 heterocycles. The monoisotopic (exact) mass is 396 g/mol. The molecule has 4 rings (SSSR count). The van der Waals surface area contributed by atoms with Crippen molar-refractivity contribution in [3.05, 3.63) is 96.7 Å². The molecular weight excluding hydrogens is 376 g/mol. The van der Waals surface area contributed by atoms with E-state index in [0.717, 1.165) is 17.1 Å². The number of hydrogen-bond acceptors (Lipinski definition) is 6. The van der Waals surface area contributed by atoms with Crippen LogP contribution in [0.4, 0.5) is 23.1 Å². The average molecular weight is 396 g/mol. The van der Waals surface area contributed by atoms with E-state index in [1.165, 1.54) is 0 Å². The predicted molar refractivity (Wildman–Crippen MR) is 118 cm³/mol. The molecule has 4 aromatic rings. The molecule has 3 aromatic carbocycles. The van der Waals surface area contributed by atoms with Gasteiger partial charge in [0, 0.05) is 17.4 Å². The van der Waals surface area contributed by atoms with Crippen molar-refractivity contribution in [1.82, 2.24) is 9.97 Å². The normalized spacial score (nSPS) is 10.3. The molecule has 0 aliphatic heterocycles. The first-order valence-electron chi connectivity index (χ1n) is 9.47. The fraction of sp³-hybridized carbons (Fsp3) is 0.0417. The highest BCUT2D eigenvalue weighted by Crippen LogP contribution is 2.30. The van der Waals surface area contributed by atoms with Crippen molar-refractivity contribution >= 4 is 28.9 Å². The average Bonchev–Trinajstić information content (AvgIpc) is 2.76. The number of nitrogens with zero attached hydrogens (tertiary/aromatic N) is 2. The van der Waals surface area contributed by atoms with Gasteiger partial charge in [-0.15, -0.1) is 0 Å². The van der Waals surface area contributed by atoms with Crippen LogP contribution >= 0.6 is 0 Å². The Kier molecular flexibility index (Phi) is 5.66. The maximum absolute atomic E-state index is 11.4. The van der Waals surface area contributed by atoms with Crippen LogP contribution in [0.15, 0.2) is 91.1 Å². The highest BCUT2D eigenvalue weighted by molar-refractivity contribution is 5.94. The summed E-state index contributed by atoms with van der Waals surface area (Å²) in [6.45, 7) is 1.55. The second kappa shape index (κ2) is 8.87. The van der Waals surface area contributed by atoms with Crippen molar-refractivity contribution in [1.29, 1.82) is 0 Å². The van der Waals surface area contributed by atoms with Crippen LogP contribution in [-0.4, -0.2) is 15.8 Å². The van der Waals surface area contributed by atoms with Gasteiger partial charge in [0.25, 0.3) is 0 Å². The second-order valence-corrected chi connectivity index (χ2v) is 6.56. The minimum atomic E-state index is 0.0338. The summed E-state index contributed by atoms with van der Waals surface area (Å²) >= 11 is 0. The van der Waals surface area contributed by atoms with Crippen LogP contribution in [0.25, 0.3) is 0 Å². The molecule has 6 heteroatoms. The number of para-hydroxylation sites is 3. The number of anilines is 4. The van der Waals surface area contributed by atoms with E-state index < -0.39 is 0 Å². The van der Waals surface area contributed by atoms with Crippen molar-refractivity contribution in [2.24, 2.45) is 0 Å². The Hall–Kier alpha value is -4.19. The lowest BCUT2D eigenvalue weighted by molar-refractivity contribution is 0.101. The van der Waals surface area contributed by atoms with Gasteiger partial charge in [0.1, 0.15) is 11.6 Å². The summed E-state index contributed by atoms with van der Waals surface area (Å²) in [6.07, 6.45) is 1.67. The maximum Gasteiger partial charge on any atom is 0.229 e. The zero-order chi connectivity index (χ0) is 20.8. The van der Waals surface area contributed by atoms with Crippen molar-refractivity contribution < 1.29 is 9.53 Å². The van der Waals surface area contributed by atoms with Gasteiger partial charge < -0.3 is 15.4 Å². The van der Waals surface area contributed by atoms with Gasteiger partial charge in [0.2, 0.25) is 5.95 Å². The molecule has 0 aliphatic carbocycles. The lowest BCUT2D eigenvalue weighted by Gasteiger charge is -2.13. The SMILES string of the molecule is CC(=O)c1ccc(Nc2ccnc(Nc3ccccc3Oc3ccccc3)n2)cc1. The van der Waals surface area contributed by atoms with Gasteiger partial charge >= 0.3 is 0 Å². The molecule has 0 amide bonds. The van der Waals surface area contributed by atoms with E-state index in [1.54, 1.807) is 31.3 Å². The third-order valence-corrected chi connectivity index (χ3v) is 4.32. The molecule has 2 N–H and O–H groups in total. The number of carbonyl (C=O) groups excluding carboxylic acids is 1.